The van der Waals surface area contributed by atoms with Gasteiger partial charge < -0.3 is 5.32 Å². The van der Waals surface area contributed by atoms with E-state index in [1.54, 1.807) is 0 Å². The minimum Gasteiger partial charge on any atom is -0.309 e. The first-order chi connectivity index (χ1) is 9.40. The Labute approximate surface area is 111 Å². The topological polar surface area (TPSA) is 50.7 Å². The lowest BCUT2D eigenvalue weighted by molar-refractivity contribution is 0.687. The molecule has 0 spiro atoms. The minimum atomic E-state index is 0.0415. The van der Waals surface area contributed by atoms with Gasteiger partial charge >= 0.3 is 0 Å². The summed E-state index contributed by atoms with van der Waals surface area (Å²) in [5.41, 5.74) is 2.17. The summed E-state index contributed by atoms with van der Waals surface area (Å²) < 4.78 is 0. The molecule has 0 bridgehead atoms. The van der Waals surface area contributed by atoms with Gasteiger partial charge in [-0.15, -0.1) is 0 Å². The number of aromatic nitrogens is 3. The highest BCUT2D eigenvalue weighted by atomic mass is 14.9. The van der Waals surface area contributed by atoms with Crippen LogP contribution >= 0.6 is 0 Å². The smallest absolute Gasteiger partial charge is 0.115 e. The number of pyridine rings is 1. The van der Waals surface area contributed by atoms with Gasteiger partial charge in [-0.1, -0.05) is 24.3 Å². The van der Waals surface area contributed by atoms with E-state index in [0.29, 0.717) is 0 Å². The summed E-state index contributed by atoms with van der Waals surface area (Å²) in [5.74, 6) is 0. The quantitative estimate of drug-likeness (QED) is 0.775. The highest BCUT2D eigenvalue weighted by Gasteiger charge is 2.15. The molecule has 0 radical (unpaired) electrons. The second kappa shape index (κ2) is 5.12. The van der Waals surface area contributed by atoms with Crippen LogP contribution in [0.2, 0.25) is 0 Å². The lowest BCUT2D eigenvalue weighted by atomic mass is 9.98. The van der Waals surface area contributed by atoms with Crippen molar-refractivity contribution >= 4 is 10.8 Å². The highest BCUT2D eigenvalue weighted by Crippen LogP contribution is 2.26. The monoisotopic (exact) mass is 250 g/mol. The standard InChI is InChI=1S/C15H14N4/c1-16-15(12-7-18-10-19-8-12)14-9-17-6-11-4-2-3-5-13(11)14/h2-10,15-16H,1H3. The van der Waals surface area contributed by atoms with Crippen LogP contribution in [0.5, 0.6) is 0 Å². The van der Waals surface area contributed by atoms with Crippen LogP contribution in [0.4, 0.5) is 0 Å². The zero-order chi connectivity index (χ0) is 13.1. The summed E-state index contributed by atoms with van der Waals surface area (Å²) in [6.45, 7) is 0. The maximum absolute atomic E-state index is 4.33. The van der Waals surface area contributed by atoms with Crippen LogP contribution in [0.3, 0.4) is 0 Å². The van der Waals surface area contributed by atoms with E-state index in [-0.39, 0.29) is 6.04 Å². The Morgan fingerprint density at radius 2 is 1.74 bits per heavy atom. The van der Waals surface area contributed by atoms with Gasteiger partial charge in [0.25, 0.3) is 0 Å². The van der Waals surface area contributed by atoms with Crippen molar-refractivity contribution in [3.05, 3.63) is 66.5 Å². The molecule has 0 saturated heterocycles. The maximum Gasteiger partial charge on any atom is 0.115 e. The lowest BCUT2D eigenvalue weighted by Gasteiger charge is -2.17. The number of fused-ring (bicyclic) bond motifs is 1. The van der Waals surface area contributed by atoms with Crippen molar-refractivity contribution in [3.63, 3.8) is 0 Å². The molecule has 19 heavy (non-hydrogen) atoms. The van der Waals surface area contributed by atoms with Gasteiger partial charge in [0.1, 0.15) is 6.33 Å². The fourth-order valence-corrected chi connectivity index (χ4v) is 2.33. The second-order valence-electron chi connectivity index (χ2n) is 4.34. The molecule has 1 N–H and O–H groups in total. The van der Waals surface area contributed by atoms with E-state index in [4.69, 9.17) is 0 Å². The molecule has 3 rings (SSSR count). The molecule has 1 unspecified atom stereocenters. The molecule has 1 aromatic carbocycles. The number of nitrogens with one attached hydrogen (secondary N) is 1. The van der Waals surface area contributed by atoms with E-state index in [1.807, 2.05) is 44.0 Å². The van der Waals surface area contributed by atoms with Crippen LogP contribution in [0.15, 0.2) is 55.4 Å². The third kappa shape index (κ3) is 2.18. The lowest BCUT2D eigenvalue weighted by Crippen LogP contribution is -2.18. The molecule has 0 aliphatic carbocycles. The number of rotatable bonds is 3. The average molecular weight is 250 g/mol. The summed E-state index contributed by atoms with van der Waals surface area (Å²) in [5, 5.41) is 5.64. The third-order valence-corrected chi connectivity index (χ3v) is 3.21. The Morgan fingerprint density at radius 3 is 2.53 bits per heavy atom. The Hall–Kier alpha value is -2.33. The van der Waals surface area contributed by atoms with Crippen molar-refractivity contribution in [2.45, 2.75) is 6.04 Å². The molecule has 4 nitrogen and oxygen atoms in total. The van der Waals surface area contributed by atoms with E-state index in [1.165, 1.54) is 11.7 Å². The van der Waals surface area contributed by atoms with E-state index >= 15 is 0 Å². The predicted octanol–water partition coefficient (Wildman–Crippen LogP) is 2.33. The molecule has 3 aromatic rings. The molecule has 0 fully saturated rings. The molecule has 2 heterocycles. The fraction of sp³-hybridized carbons (Fsp3) is 0.133. The van der Waals surface area contributed by atoms with Crippen LogP contribution in [0.1, 0.15) is 17.2 Å². The van der Waals surface area contributed by atoms with Crippen molar-refractivity contribution in [2.24, 2.45) is 0 Å². The number of hydrogen-bond donors (Lipinski definition) is 1. The van der Waals surface area contributed by atoms with E-state index in [9.17, 15) is 0 Å². The van der Waals surface area contributed by atoms with Crippen molar-refractivity contribution in [2.75, 3.05) is 7.05 Å². The Bertz CT molecular complexity index is 677. The highest BCUT2D eigenvalue weighted by molar-refractivity contribution is 5.85. The zero-order valence-electron chi connectivity index (χ0n) is 10.6. The molecule has 94 valence electrons. The normalized spacial score (nSPS) is 12.5. The molecule has 1 atom stereocenters. The van der Waals surface area contributed by atoms with Crippen molar-refractivity contribution in [1.29, 1.82) is 0 Å². The van der Waals surface area contributed by atoms with Crippen LogP contribution < -0.4 is 5.32 Å². The number of nitrogens with zero attached hydrogens (tertiary/aromatic N) is 3. The molecule has 0 aliphatic heterocycles. The molecule has 0 amide bonds. The molecule has 2 aromatic heterocycles. The molecule has 0 saturated carbocycles. The van der Waals surface area contributed by atoms with Gasteiger partial charge in [-0.05, 0) is 18.0 Å². The average Bonchev–Trinajstić information content (AvgIpc) is 2.49. The van der Waals surface area contributed by atoms with Gasteiger partial charge in [0.05, 0.1) is 6.04 Å². The molecule has 0 aliphatic rings. The minimum absolute atomic E-state index is 0.0415. The third-order valence-electron chi connectivity index (χ3n) is 3.21. The van der Waals surface area contributed by atoms with Crippen LogP contribution in [-0.2, 0) is 0 Å². The summed E-state index contributed by atoms with van der Waals surface area (Å²) in [4.78, 5) is 12.5. The van der Waals surface area contributed by atoms with E-state index in [2.05, 4.69) is 32.4 Å². The zero-order valence-corrected chi connectivity index (χ0v) is 10.6. The second-order valence-corrected chi connectivity index (χ2v) is 4.34. The first kappa shape index (κ1) is 11.7. The summed E-state index contributed by atoms with van der Waals surface area (Å²) in [7, 11) is 1.93. The van der Waals surface area contributed by atoms with Crippen LogP contribution in [-0.4, -0.2) is 22.0 Å². The van der Waals surface area contributed by atoms with Gasteiger partial charge in [0, 0.05) is 35.7 Å². The Kier molecular flexibility index (Phi) is 3.16. The van der Waals surface area contributed by atoms with Gasteiger partial charge in [0.2, 0.25) is 0 Å². The van der Waals surface area contributed by atoms with Gasteiger partial charge in [0.15, 0.2) is 0 Å². The Morgan fingerprint density at radius 1 is 0.947 bits per heavy atom. The van der Waals surface area contributed by atoms with Crippen molar-refractivity contribution < 1.29 is 0 Å². The van der Waals surface area contributed by atoms with Crippen LogP contribution in [0.25, 0.3) is 10.8 Å². The van der Waals surface area contributed by atoms with Crippen molar-refractivity contribution in [3.8, 4) is 0 Å². The SMILES string of the molecule is CNC(c1cncnc1)c1cncc2ccccc12. The van der Waals surface area contributed by atoms with E-state index in [0.717, 1.165) is 16.5 Å². The first-order valence-electron chi connectivity index (χ1n) is 6.15. The molecule has 4 heteroatoms. The molecular weight excluding hydrogens is 236 g/mol. The van der Waals surface area contributed by atoms with Gasteiger partial charge in [-0.2, -0.15) is 0 Å². The summed E-state index contributed by atoms with van der Waals surface area (Å²) in [6, 6.07) is 8.29. The Balaban J connectivity index is 2.17. The van der Waals surface area contributed by atoms with Gasteiger partial charge in [-0.3, -0.25) is 4.98 Å². The summed E-state index contributed by atoms with van der Waals surface area (Å²) in [6.07, 6.45) is 8.98. The van der Waals surface area contributed by atoms with Gasteiger partial charge in [-0.25, -0.2) is 9.97 Å². The number of hydrogen-bond acceptors (Lipinski definition) is 4. The maximum atomic E-state index is 4.33. The largest absolute Gasteiger partial charge is 0.309 e. The van der Waals surface area contributed by atoms with E-state index < -0.39 is 0 Å². The number of benzene rings is 1. The first-order valence-corrected chi connectivity index (χ1v) is 6.15. The van der Waals surface area contributed by atoms with Crippen molar-refractivity contribution in [1.82, 2.24) is 20.3 Å². The van der Waals surface area contributed by atoms with Crippen LogP contribution in [0, 0.1) is 0 Å². The summed E-state index contributed by atoms with van der Waals surface area (Å²) >= 11 is 0. The predicted molar refractivity (Wildman–Crippen MR) is 74.7 cm³/mol. The molecular formula is C15H14N4. The fourth-order valence-electron chi connectivity index (χ4n) is 2.33.